The average molecular weight is 462 g/mol. The van der Waals surface area contributed by atoms with Crippen LogP contribution in [0.4, 0.5) is 22.0 Å². The lowest BCUT2D eigenvalue weighted by Gasteiger charge is -2.10. The molecule has 0 spiro atoms. The highest BCUT2D eigenvalue weighted by Gasteiger charge is 2.14. The predicted octanol–water partition coefficient (Wildman–Crippen LogP) is 5.23. The second-order valence-corrected chi connectivity index (χ2v) is 8.60. The molecule has 0 aliphatic rings. The van der Waals surface area contributed by atoms with Gasteiger partial charge in [0.2, 0.25) is 0 Å². The number of carbonyl (C=O) groups is 1. The van der Waals surface area contributed by atoms with Crippen LogP contribution in [0.25, 0.3) is 21.2 Å². The lowest BCUT2D eigenvalue weighted by molar-refractivity contribution is 0.199. The molecule has 0 fully saturated rings. The first-order valence-corrected chi connectivity index (χ1v) is 11.5. The zero-order valence-corrected chi connectivity index (χ0v) is 19.5. The van der Waals surface area contributed by atoms with Gasteiger partial charge in [-0.25, -0.2) is 9.78 Å². The highest BCUT2D eigenvalue weighted by atomic mass is 32.1. The Labute approximate surface area is 197 Å². The van der Waals surface area contributed by atoms with E-state index < -0.39 is 0 Å². The summed E-state index contributed by atoms with van der Waals surface area (Å²) in [7, 11) is 1.69. The van der Waals surface area contributed by atoms with Crippen LogP contribution in [0.3, 0.4) is 0 Å². The van der Waals surface area contributed by atoms with Crippen LogP contribution in [-0.4, -0.2) is 31.3 Å². The van der Waals surface area contributed by atoms with Gasteiger partial charge in [-0.2, -0.15) is 0 Å². The standard InChI is InChI=1S/C25H27N5O2S/c1-16-4-3-5-20(12-16)30-25(31)29-19-8-6-17(7-9-19)21-15-33-23-18(13-27-10-11-32-2)14-28-24(26)22(21)23/h3-9,12,14-15,27H,10-11,13H2,1-2H3,(H2,26,28)(H2,29,30,31). The van der Waals surface area contributed by atoms with Crippen LogP contribution < -0.4 is 21.7 Å². The van der Waals surface area contributed by atoms with Crippen molar-refractivity contribution in [2.45, 2.75) is 13.5 Å². The lowest BCUT2D eigenvalue weighted by Crippen LogP contribution is -2.19. The number of nitrogens with one attached hydrogen (secondary N) is 3. The van der Waals surface area contributed by atoms with Crippen molar-refractivity contribution in [2.24, 2.45) is 0 Å². The number of aromatic nitrogens is 1. The van der Waals surface area contributed by atoms with E-state index in [2.05, 4.69) is 26.3 Å². The average Bonchev–Trinajstić information content (AvgIpc) is 3.25. The van der Waals surface area contributed by atoms with E-state index in [1.54, 1.807) is 18.4 Å². The molecule has 4 aromatic rings. The van der Waals surface area contributed by atoms with E-state index in [1.165, 1.54) is 0 Å². The van der Waals surface area contributed by atoms with Crippen molar-refractivity contribution in [1.29, 1.82) is 0 Å². The van der Waals surface area contributed by atoms with Crippen molar-refractivity contribution in [3.63, 3.8) is 0 Å². The first-order chi connectivity index (χ1) is 16.0. The van der Waals surface area contributed by atoms with E-state index in [0.717, 1.165) is 44.6 Å². The number of aryl methyl sites for hydroxylation is 1. The van der Waals surface area contributed by atoms with Crippen molar-refractivity contribution >= 4 is 44.6 Å². The first-order valence-electron chi connectivity index (χ1n) is 10.6. The molecule has 5 N–H and O–H groups in total. The van der Waals surface area contributed by atoms with Gasteiger partial charge in [-0.1, -0.05) is 24.3 Å². The number of nitrogens with two attached hydrogens (primary N) is 1. The first kappa shape index (κ1) is 22.7. The number of benzene rings is 2. The van der Waals surface area contributed by atoms with Crippen LogP contribution >= 0.6 is 11.3 Å². The monoisotopic (exact) mass is 461 g/mol. The molecule has 0 saturated carbocycles. The second-order valence-electron chi connectivity index (χ2n) is 7.72. The summed E-state index contributed by atoms with van der Waals surface area (Å²) in [6.45, 7) is 4.11. The maximum absolute atomic E-state index is 12.3. The van der Waals surface area contributed by atoms with Crippen molar-refractivity contribution in [2.75, 3.05) is 36.6 Å². The fourth-order valence-corrected chi connectivity index (χ4v) is 4.70. The highest BCUT2D eigenvalue weighted by Crippen LogP contribution is 2.38. The van der Waals surface area contributed by atoms with Gasteiger partial charge in [0.15, 0.2) is 0 Å². The molecule has 7 nitrogen and oxygen atoms in total. The number of urea groups is 1. The van der Waals surface area contributed by atoms with Crippen molar-refractivity contribution in [3.8, 4) is 11.1 Å². The molecule has 2 aromatic carbocycles. The maximum atomic E-state index is 12.3. The van der Waals surface area contributed by atoms with Gasteiger partial charge in [0.25, 0.3) is 0 Å². The summed E-state index contributed by atoms with van der Waals surface area (Å²) in [5.41, 5.74) is 12.0. The molecular weight excluding hydrogens is 434 g/mol. The van der Waals surface area contributed by atoms with Crippen LogP contribution in [0.15, 0.2) is 60.1 Å². The summed E-state index contributed by atoms with van der Waals surface area (Å²) in [6, 6.07) is 15.1. The van der Waals surface area contributed by atoms with Gasteiger partial charge in [-0.05, 0) is 47.7 Å². The molecule has 0 aliphatic heterocycles. The Balaban J connectivity index is 1.49. The molecule has 2 amide bonds. The molecule has 4 rings (SSSR count). The van der Waals surface area contributed by atoms with E-state index in [-0.39, 0.29) is 6.03 Å². The Morgan fingerprint density at radius 2 is 1.91 bits per heavy atom. The fraction of sp³-hybridized carbons (Fsp3) is 0.200. The normalized spacial score (nSPS) is 11.0. The quantitative estimate of drug-likeness (QED) is 0.269. The summed E-state index contributed by atoms with van der Waals surface area (Å²) < 4.78 is 6.22. The van der Waals surface area contributed by atoms with Gasteiger partial charge in [-0.15, -0.1) is 11.3 Å². The number of pyridine rings is 1. The molecule has 2 aromatic heterocycles. The molecular formula is C25H27N5O2S. The smallest absolute Gasteiger partial charge is 0.323 e. The Morgan fingerprint density at radius 1 is 1.12 bits per heavy atom. The summed E-state index contributed by atoms with van der Waals surface area (Å²) in [6.07, 6.45) is 1.83. The minimum atomic E-state index is -0.284. The van der Waals surface area contributed by atoms with Crippen LogP contribution in [0, 0.1) is 6.92 Å². The van der Waals surface area contributed by atoms with Gasteiger partial charge >= 0.3 is 6.03 Å². The topological polar surface area (TPSA) is 101 Å². The number of hydrogen-bond acceptors (Lipinski definition) is 6. The van der Waals surface area contributed by atoms with E-state index >= 15 is 0 Å². The van der Waals surface area contributed by atoms with Gasteiger partial charge in [0.05, 0.1) is 6.61 Å². The fourth-order valence-electron chi connectivity index (χ4n) is 3.60. The van der Waals surface area contributed by atoms with E-state index in [9.17, 15) is 4.79 Å². The van der Waals surface area contributed by atoms with E-state index in [4.69, 9.17) is 10.5 Å². The largest absolute Gasteiger partial charge is 0.383 e. The molecule has 2 heterocycles. The van der Waals surface area contributed by atoms with Crippen LogP contribution in [0.5, 0.6) is 0 Å². The SMILES string of the molecule is COCCNCc1cnc(N)c2c(-c3ccc(NC(=O)Nc4cccc(C)c4)cc3)csc12. The number of anilines is 3. The summed E-state index contributed by atoms with van der Waals surface area (Å²) >= 11 is 1.66. The van der Waals surface area contributed by atoms with Crippen LogP contribution in [0.2, 0.25) is 0 Å². The highest BCUT2D eigenvalue weighted by molar-refractivity contribution is 7.18. The number of hydrogen-bond donors (Lipinski definition) is 4. The van der Waals surface area contributed by atoms with Gasteiger partial charge in [0, 0.05) is 59.0 Å². The molecule has 0 bridgehead atoms. The number of amides is 2. The summed E-state index contributed by atoms with van der Waals surface area (Å²) in [5.74, 6) is 0.515. The van der Waals surface area contributed by atoms with Gasteiger partial charge < -0.3 is 26.4 Å². The summed E-state index contributed by atoms with van der Waals surface area (Å²) in [5, 5.41) is 12.2. The molecule has 0 saturated heterocycles. The van der Waals surface area contributed by atoms with Crippen LogP contribution in [-0.2, 0) is 11.3 Å². The molecule has 0 aliphatic carbocycles. The van der Waals surface area contributed by atoms with Crippen LogP contribution in [0.1, 0.15) is 11.1 Å². The molecule has 170 valence electrons. The number of thiophene rings is 1. The Kier molecular flexibility index (Phi) is 7.19. The van der Waals surface area contributed by atoms with E-state index in [0.29, 0.717) is 24.7 Å². The number of methoxy groups -OCH3 is 1. The molecule has 0 radical (unpaired) electrons. The van der Waals surface area contributed by atoms with E-state index in [1.807, 2.05) is 61.7 Å². The third-order valence-electron chi connectivity index (χ3n) is 5.23. The molecule has 0 atom stereocenters. The summed E-state index contributed by atoms with van der Waals surface area (Å²) in [4.78, 5) is 16.7. The number of fused-ring (bicyclic) bond motifs is 1. The minimum absolute atomic E-state index is 0.284. The van der Waals surface area contributed by atoms with Gasteiger partial charge in [-0.3, -0.25) is 0 Å². The van der Waals surface area contributed by atoms with Crippen molar-refractivity contribution < 1.29 is 9.53 Å². The van der Waals surface area contributed by atoms with Crippen molar-refractivity contribution in [3.05, 3.63) is 71.2 Å². The lowest BCUT2D eigenvalue weighted by atomic mass is 10.0. The third kappa shape index (κ3) is 5.48. The number of nitrogen functional groups attached to an aromatic ring is 1. The minimum Gasteiger partial charge on any atom is -0.383 e. The molecule has 0 unspecified atom stereocenters. The second kappa shape index (κ2) is 10.4. The zero-order chi connectivity index (χ0) is 23.2. The molecule has 8 heteroatoms. The Bertz CT molecular complexity index is 1250. The Hall–Kier alpha value is -3.46. The number of carbonyl (C=O) groups excluding carboxylic acids is 1. The third-order valence-corrected chi connectivity index (χ3v) is 6.28. The van der Waals surface area contributed by atoms with Crippen molar-refractivity contribution in [1.82, 2.24) is 10.3 Å². The number of ether oxygens (including phenoxy) is 1. The predicted molar refractivity (Wildman–Crippen MR) is 137 cm³/mol. The Morgan fingerprint density at radius 3 is 2.67 bits per heavy atom. The number of rotatable bonds is 8. The van der Waals surface area contributed by atoms with Gasteiger partial charge in [0.1, 0.15) is 5.82 Å². The number of nitrogens with zero attached hydrogens (tertiary/aromatic N) is 1. The molecule has 33 heavy (non-hydrogen) atoms. The maximum Gasteiger partial charge on any atom is 0.323 e. The zero-order valence-electron chi connectivity index (χ0n) is 18.6.